The SMILES string of the molecule is CC(C)(C)OC(=O)NCC(Cc1cccc(N)c1)c1cccc(O)c1. The molecule has 1 atom stereocenters. The van der Waals surface area contributed by atoms with E-state index in [1.54, 1.807) is 18.2 Å². The van der Waals surface area contributed by atoms with Gasteiger partial charge < -0.3 is 20.9 Å². The van der Waals surface area contributed by atoms with Crippen LogP contribution in [0.5, 0.6) is 5.75 Å². The van der Waals surface area contributed by atoms with Gasteiger partial charge >= 0.3 is 6.09 Å². The van der Waals surface area contributed by atoms with Crippen molar-refractivity contribution in [2.75, 3.05) is 12.3 Å². The van der Waals surface area contributed by atoms with Crippen molar-refractivity contribution in [3.8, 4) is 5.75 Å². The van der Waals surface area contributed by atoms with E-state index in [1.165, 1.54) is 0 Å². The molecule has 2 aromatic carbocycles. The third kappa shape index (κ3) is 6.37. The van der Waals surface area contributed by atoms with Crippen molar-refractivity contribution in [3.63, 3.8) is 0 Å². The van der Waals surface area contributed by atoms with Gasteiger partial charge in [0.25, 0.3) is 0 Å². The van der Waals surface area contributed by atoms with E-state index >= 15 is 0 Å². The van der Waals surface area contributed by atoms with Gasteiger partial charge in [0.2, 0.25) is 0 Å². The maximum atomic E-state index is 12.0. The van der Waals surface area contributed by atoms with Crippen LogP contribution in [0.25, 0.3) is 0 Å². The lowest BCUT2D eigenvalue weighted by Gasteiger charge is -2.22. The van der Waals surface area contributed by atoms with Crippen LogP contribution >= 0.6 is 0 Å². The van der Waals surface area contributed by atoms with Crippen LogP contribution in [-0.4, -0.2) is 23.3 Å². The number of rotatable bonds is 5. The second-order valence-corrected chi connectivity index (χ2v) is 7.12. The molecule has 0 fully saturated rings. The topological polar surface area (TPSA) is 84.6 Å². The molecular formula is C20H26N2O3. The van der Waals surface area contributed by atoms with Crippen LogP contribution < -0.4 is 11.1 Å². The monoisotopic (exact) mass is 342 g/mol. The molecule has 2 aromatic rings. The van der Waals surface area contributed by atoms with Gasteiger partial charge in [0, 0.05) is 18.2 Å². The highest BCUT2D eigenvalue weighted by atomic mass is 16.6. The van der Waals surface area contributed by atoms with Crippen LogP contribution in [0.1, 0.15) is 37.8 Å². The van der Waals surface area contributed by atoms with Crippen molar-refractivity contribution in [1.82, 2.24) is 5.32 Å². The lowest BCUT2D eigenvalue weighted by molar-refractivity contribution is 0.0524. The zero-order chi connectivity index (χ0) is 18.4. The molecule has 0 aliphatic heterocycles. The molecule has 5 heteroatoms. The standard InChI is InChI=1S/C20H26N2O3/c1-20(2,3)25-19(24)22-13-16(15-7-5-9-18(23)12-15)10-14-6-4-8-17(21)11-14/h4-9,11-12,16,23H,10,13,21H2,1-3H3,(H,22,24). The molecule has 2 rings (SSSR count). The molecule has 5 nitrogen and oxygen atoms in total. The number of amides is 1. The van der Waals surface area contributed by atoms with E-state index in [2.05, 4.69) is 5.32 Å². The third-order valence-corrected chi connectivity index (χ3v) is 3.67. The Kier molecular flexibility index (Phi) is 5.91. The molecule has 0 aliphatic carbocycles. The summed E-state index contributed by atoms with van der Waals surface area (Å²) in [5.41, 5.74) is 8.03. The van der Waals surface area contributed by atoms with Gasteiger partial charge in [-0.3, -0.25) is 0 Å². The van der Waals surface area contributed by atoms with Crippen LogP contribution in [0.3, 0.4) is 0 Å². The fourth-order valence-electron chi connectivity index (χ4n) is 2.61. The summed E-state index contributed by atoms with van der Waals surface area (Å²) < 4.78 is 5.30. The molecule has 0 saturated carbocycles. The normalized spacial score (nSPS) is 12.4. The van der Waals surface area contributed by atoms with Gasteiger partial charge in [-0.05, 0) is 62.6 Å². The van der Waals surface area contributed by atoms with E-state index in [1.807, 2.05) is 51.1 Å². The number of phenolic OH excluding ortho intramolecular Hbond substituents is 1. The number of ether oxygens (including phenoxy) is 1. The van der Waals surface area contributed by atoms with Crippen molar-refractivity contribution in [1.29, 1.82) is 0 Å². The highest BCUT2D eigenvalue weighted by Gasteiger charge is 2.19. The Labute approximate surface area is 148 Å². The zero-order valence-corrected chi connectivity index (χ0v) is 15.0. The molecule has 0 aliphatic rings. The molecule has 0 heterocycles. The predicted octanol–water partition coefficient (Wildman–Crippen LogP) is 3.83. The van der Waals surface area contributed by atoms with E-state index in [4.69, 9.17) is 10.5 Å². The summed E-state index contributed by atoms with van der Waals surface area (Å²) in [7, 11) is 0. The fourth-order valence-corrected chi connectivity index (χ4v) is 2.61. The molecule has 0 saturated heterocycles. The second-order valence-electron chi connectivity index (χ2n) is 7.12. The molecule has 1 amide bonds. The van der Waals surface area contributed by atoms with Crippen molar-refractivity contribution >= 4 is 11.8 Å². The first kappa shape index (κ1) is 18.6. The molecular weight excluding hydrogens is 316 g/mol. The summed E-state index contributed by atoms with van der Waals surface area (Å²) in [6.07, 6.45) is 0.231. The average molecular weight is 342 g/mol. The lowest BCUT2D eigenvalue weighted by Crippen LogP contribution is -2.35. The zero-order valence-electron chi connectivity index (χ0n) is 15.0. The van der Waals surface area contributed by atoms with Gasteiger partial charge in [0.15, 0.2) is 0 Å². The Balaban J connectivity index is 2.13. The Morgan fingerprint density at radius 2 is 1.92 bits per heavy atom. The number of benzene rings is 2. The lowest BCUT2D eigenvalue weighted by atomic mass is 9.91. The summed E-state index contributed by atoms with van der Waals surface area (Å²) in [6, 6.07) is 14.7. The highest BCUT2D eigenvalue weighted by molar-refractivity contribution is 5.67. The molecule has 1 unspecified atom stereocenters. The maximum Gasteiger partial charge on any atom is 0.407 e. The number of aromatic hydroxyl groups is 1. The quantitative estimate of drug-likeness (QED) is 0.721. The van der Waals surface area contributed by atoms with Crippen LogP contribution in [0.4, 0.5) is 10.5 Å². The Hall–Kier alpha value is -2.69. The molecule has 0 aromatic heterocycles. The summed E-state index contributed by atoms with van der Waals surface area (Å²) in [5, 5.41) is 12.6. The Bertz CT molecular complexity index is 723. The minimum Gasteiger partial charge on any atom is -0.508 e. The van der Waals surface area contributed by atoms with E-state index in [-0.39, 0.29) is 11.7 Å². The largest absolute Gasteiger partial charge is 0.508 e. The molecule has 4 N–H and O–H groups in total. The van der Waals surface area contributed by atoms with Gasteiger partial charge in [0.05, 0.1) is 0 Å². The summed E-state index contributed by atoms with van der Waals surface area (Å²) in [6.45, 7) is 5.87. The minimum absolute atomic E-state index is 0.0126. The van der Waals surface area contributed by atoms with Crippen molar-refractivity contribution in [2.45, 2.75) is 38.7 Å². The first-order chi connectivity index (χ1) is 11.7. The van der Waals surface area contributed by atoms with E-state index in [0.717, 1.165) is 11.1 Å². The number of alkyl carbamates (subject to hydrolysis) is 1. The Morgan fingerprint density at radius 3 is 2.56 bits per heavy atom. The Morgan fingerprint density at radius 1 is 1.20 bits per heavy atom. The number of anilines is 1. The maximum absolute atomic E-state index is 12.0. The van der Waals surface area contributed by atoms with Gasteiger partial charge in [-0.25, -0.2) is 4.79 Å². The van der Waals surface area contributed by atoms with Gasteiger partial charge in [-0.1, -0.05) is 24.3 Å². The first-order valence-corrected chi connectivity index (χ1v) is 8.33. The molecule has 134 valence electrons. The number of hydrogen-bond donors (Lipinski definition) is 3. The van der Waals surface area contributed by atoms with E-state index in [9.17, 15) is 9.90 Å². The predicted molar refractivity (Wildman–Crippen MR) is 99.6 cm³/mol. The molecule has 0 radical (unpaired) electrons. The third-order valence-electron chi connectivity index (χ3n) is 3.67. The highest BCUT2D eigenvalue weighted by Crippen LogP contribution is 2.24. The summed E-state index contributed by atoms with van der Waals surface area (Å²) in [5.74, 6) is 0.189. The summed E-state index contributed by atoms with van der Waals surface area (Å²) >= 11 is 0. The number of carbonyl (C=O) groups is 1. The molecule has 0 spiro atoms. The van der Waals surface area contributed by atoms with Crippen molar-refractivity contribution in [3.05, 3.63) is 59.7 Å². The average Bonchev–Trinajstić information content (AvgIpc) is 2.49. The number of phenols is 1. The van der Waals surface area contributed by atoms with Crippen LogP contribution in [0.15, 0.2) is 48.5 Å². The molecule has 25 heavy (non-hydrogen) atoms. The second kappa shape index (κ2) is 7.92. The van der Waals surface area contributed by atoms with Gasteiger partial charge in [0.1, 0.15) is 11.4 Å². The van der Waals surface area contributed by atoms with E-state index < -0.39 is 11.7 Å². The molecule has 0 bridgehead atoms. The van der Waals surface area contributed by atoms with Crippen molar-refractivity contribution < 1.29 is 14.6 Å². The van der Waals surface area contributed by atoms with Gasteiger partial charge in [-0.2, -0.15) is 0 Å². The van der Waals surface area contributed by atoms with Gasteiger partial charge in [-0.15, -0.1) is 0 Å². The number of nitrogens with one attached hydrogen (secondary N) is 1. The summed E-state index contributed by atoms with van der Waals surface area (Å²) in [4.78, 5) is 12.0. The smallest absolute Gasteiger partial charge is 0.407 e. The van der Waals surface area contributed by atoms with Crippen LogP contribution in [0, 0.1) is 0 Å². The first-order valence-electron chi connectivity index (χ1n) is 8.33. The minimum atomic E-state index is -0.543. The van der Waals surface area contributed by atoms with Crippen molar-refractivity contribution in [2.24, 2.45) is 0 Å². The number of carbonyl (C=O) groups excluding carboxylic acids is 1. The van der Waals surface area contributed by atoms with Crippen LogP contribution in [-0.2, 0) is 11.2 Å². The van der Waals surface area contributed by atoms with E-state index in [0.29, 0.717) is 18.7 Å². The number of nitrogen functional groups attached to an aromatic ring is 1. The fraction of sp³-hybridized carbons (Fsp3) is 0.350. The number of hydrogen-bond acceptors (Lipinski definition) is 4. The number of nitrogens with two attached hydrogens (primary N) is 1. The van der Waals surface area contributed by atoms with Crippen LogP contribution in [0.2, 0.25) is 0 Å².